The van der Waals surface area contributed by atoms with E-state index < -0.39 is 28.7 Å². The number of carbonyl (C=O) groups excluding carboxylic acids is 3. The average molecular weight is 735 g/mol. The van der Waals surface area contributed by atoms with Crippen molar-refractivity contribution < 1.29 is 19.5 Å². The lowest BCUT2D eigenvalue weighted by Gasteiger charge is -2.40. The Kier molecular flexibility index (Phi) is 9.99. The molecule has 1 spiro atoms. The van der Waals surface area contributed by atoms with E-state index in [2.05, 4.69) is 29.1 Å². The van der Waals surface area contributed by atoms with Crippen LogP contribution in [0.1, 0.15) is 23.6 Å². The third kappa shape index (κ3) is 5.96. The van der Waals surface area contributed by atoms with E-state index in [1.54, 1.807) is 62.9 Å². The average Bonchev–Trinajstić information content (AvgIpc) is 3.68. The summed E-state index contributed by atoms with van der Waals surface area (Å²) in [5, 5.41) is 11.2. The van der Waals surface area contributed by atoms with Crippen molar-refractivity contribution in [1.29, 1.82) is 0 Å². The summed E-state index contributed by atoms with van der Waals surface area (Å²) in [5.41, 5.74) is 2.31. The van der Waals surface area contributed by atoms with E-state index in [0.29, 0.717) is 30.2 Å². The van der Waals surface area contributed by atoms with Crippen LogP contribution in [0.2, 0.25) is 5.02 Å². The number of thioether (sulfide) groups is 1. The predicted molar refractivity (Wildman–Crippen MR) is 191 cm³/mol. The minimum atomic E-state index is -0.956. The van der Waals surface area contributed by atoms with Crippen LogP contribution in [0.15, 0.2) is 110 Å². The first-order chi connectivity index (χ1) is 22.7. The van der Waals surface area contributed by atoms with Crippen molar-refractivity contribution in [3.05, 3.63) is 126 Å². The topological polar surface area (TPSA) is 81.2 Å². The van der Waals surface area contributed by atoms with Gasteiger partial charge < -0.3 is 19.8 Å². The SMILES string of the molecule is C=CCN(Cc1ccccc1)C(=O)[C@H]1[C@H]2C(=O)N([C@H](CO)c3ccccc3)C(C(=O)N(CC=C)c3ccc(Cl)cc3)C23CC(Br)[C@@H]1S3. The zero-order valence-corrected chi connectivity index (χ0v) is 29.0. The van der Waals surface area contributed by atoms with Gasteiger partial charge in [-0.1, -0.05) is 100 Å². The van der Waals surface area contributed by atoms with E-state index in [4.69, 9.17) is 11.6 Å². The quantitative estimate of drug-likeness (QED) is 0.175. The van der Waals surface area contributed by atoms with Crippen molar-refractivity contribution in [3.63, 3.8) is 0 Å². The molecule has 3 fully saturated rings. The number of nitrogens with zero attached hydrogens (tertiary/aromatic N) is 3. The van der Waals surface area contributed by atoms with Crippen molar-refractivity contribution in [2.45, 2.75) is 39.9 Å². The Morgan fingerprint density at radius 1 is 1.00 bits per heavy atom. The van der Waals surface area contributed by atoms with Crippen LogP contribution in [0.5, 0.6) is 0 Å². The molecular formula is C37H37BrClN3O4S. The summed E-state index contributed by atoms with van der Waals surface area (Å²) in [7, 11) is 0. The first kappa shape index (κ1) is 33.5. The number of benzene rings is 3. The van der Waals surface area contributed by atoms with Crippen molar-refractivity contribution in [1.82, 2.24) is 9.80 Å². The summed E-state index contributed by atoms with van der Waals surface area (Å²) in [6.45, 7) is 8.32. The Hall–Kier alpha value is -3.37. The second-order valence-electron chi connectivity index (χ2n) is 12.2. The van der Waals surface area contributed by atoms with Crippen LogP contribution >= 0.6 is 39.3 Å². The number of alkyl halides is 1. The number of hydrogen-bond acceptors (Lipinski definition) is 5. The van der Waals surface area contributed by atoms with E-state index in [1.165, 1.54) is 0 Å². The van der Waals surface area contributed by atoms with E-state index in [-0.39, 0.29) is 41.0 Å². The molecule has 0 aromatic heterocycles. The molecule has 3 aromatic rings. The Morgan fingerprint density at radius 2 is 1.64 bits per heavy atom. The van der Waals surface area contributed by atoms with Gasteiger partial charge in [0, 0.05) is 40.4 Å². The summed E-state index contributed by atoms with van der Waals surface area (Å²) in [5.74, 6) is -2.14. The number of anilines is 1. The number of aliphatic hydroxyl groups excluding tert-OH is 1. The lowest BCUT2D eigenvalue weighted by atomic mass is 9.70. The van der Waals surface area contributed by atoms with E-state index >= 15 is 4.79 Å². The molecule has 7 nitrogen and oxygen atoms in total. The number of rotatable bonds is 12. The van der Waals surface area contributed by atoms with Gasteiger partial charge in [0.05, 0.1) is 29.2 Å². The van der Waals surface area contributed by atoms with Gasteiger partial charge in [-0.05, 0) is 41.8 Å². The van der Waals surface area contributed by atoms with Crippen molar-refractivity contribution in [3.8, 4) is 0 Å². The normalized spacial score (nSPS) is 26.5. The molecule has 3 aromatic carbocycles. The summed E-state index contributed by atoms with van der Waals surface area (Å²) in [6, 6.07) is 24.3. The van der Waals surface area contributed by atoms with Gasteiger partial charge in [0.2, 0.25) is 11.8 Å². The maximum absolute atomic E-state index is 15.0. The Morgan fingerprint density at radius 3 is 2.26 bits per heavy atom. The molecule has 3 aliphatic heterocycles. The molecule has 47 heavy (non-hydrogen) atoms. The van der Waals surface area contributed by atoms with Gasteiger partial charge in [-0.15, -0.1) is 24.9 Å². The van der Waals surface area contributed by atoms with Crippen molar-refractivity contribution in [2.24, 2.45) is 11.8 Å². The molecule has 3 aliphatic rings. The molecule has 2 bridgehead atoms. The van der Waals surface area contributed by atoms with Gasteiger partial charge in [-0.3, -0.25) is 14.4 Å². The Balaban J connectivity index is 1.46. The molecule has 3 unspecified atom stereocenters. The molecule has 3 amide bonds. The number of likely N-dealkylation sites (tertiary alicyclic amines) is 1. The second-order valence-corrected chi connectivity index (χ2v) is 15.4. The molecule has 10 heteroatoms. The highest BCUT2D eigenvalue weighted by Gasteiger charge is 2.76. The van der Waals surface area contributed by atoms with Crippen LogP contribution in [0, 0.1) is 11.8 Å². The van der Waals surface area contributed by atoms with Crippen molar-refractivity contribution >= 4 is 62.7 Å². The molecular weight excluding hydrogens is 698 g/mol. The standard InChI is InChI=1S/C37H37BrClN3O4S/c1-3-19-40(22-24-11-7-5-8-12-24)34(44)30-31-35(45)42(29(23-43)25-13-9-6-10-14-25)33(37(31)21-28(38)32(30)47-37)36(46)41(20-4-2)27-17-15-26(39)16-18-27/h3-18,28-33,43H,1-2,19-23H2/t28?,29-,30+,31+,32+,33?,37?/m1/s1. The number of amides is 3. The highest BCUT2D eigenvalue weighted by atomic mass is 79.9. The molecule has 1 N–H and O–H groups in total. The van der Waals surface area contributed by atoms with Gasteiger partial charge in [-0.2, -0.15) is 0 Å². The monoisotopic (exact) mass is 733 g/mol. The van der Waals surface area contributed by atoms with E-state index in [9.17, 15) is 14.7 Å². The second kappa shape index (κ2) is 14.0. The minimum absolute atomic E-state index is 0.101. The predicted octanol–water partition coefficient (Wildman–Crippen LogP) is 6.27. The van der Waals surface area contributed by atoms with Gasteiger partial charge in [-0.25, -0.2) is 0 Å². The highest BCUT2D eigenvalue weighted by molar-refractivity contribution is 9.09. The third-order valence-electron chi connectivity index (χ3n) is 9.53. The Labute approximate surface area is 293 Å². The first-order valence-corrected chi connectivity index (χ1v) is 17.8. The molecule has 244 valence electrons. The zero-order valence-electron chi connectivity index (χ0n) is 25.8. The molecule has 0 saturated carbocycles. The fourth-order valence-corrected chi connectivity index (χ4v) is 11.3. The fourth-order valence-electron chi connectivity index (χ4n) is 7.62. The summed E-state index contributed by atoms with van der Waals surface area (Å²) in [6.07, 6.45) is 3.87. The smallest absolute Gasteiger partial charge is 0.251 e. The molecule has 3 saturated heterocycles. The number of hydrogen-bond donors (Lipinski definition) is 1. The molecule has 3 heterocycles. The molecule has 0 radical (unpaired) electrons. The maximum atomic E-state index is 15.0. The van der Waals surface area contributed by atoms with Gasteiger partial charge in [0.15, 0.2) is 0 Å². The lowest BCUT2D eigenvalue weighted by molar-refractivity contribution is -0.145. The van der Waals surface area contributed by atoms with E-state index in [1.807, 2.05) is 60.7 Å². The largest absolute Gasteiger partial charge is 0.394 e. The minimum Gasteiger partial charge on any atom is -0.394 e. The van der Waals surface area contributed by atoms with Crippen LogP contribution in [0.25, 0.3) is 0 Å². The van der Waals surface area contributed by atoms with Crippen LogP contribution in [-0.2, 0) is 20.9 Å². The van der Waals surface area contributed by atoms with Crippen molar-refractivity contribution in [2.75, 3.05) is 24.6 Å². The highest BCUT2D eigenvalue weighted by Crippen LogP contribution is 2.69. The number of fused-ring (bicyclic) bond motifs is 1. The summed E-state index contributed by atoms with van der Waals surface area (Å²) < 4.78 is -0.909. The lowest BCUT2D eigenvalue weighted by Crippen LogP contribution is -2.56. The summed E-state index contributed by atoms with van der Waals surface area (Å²) in [4.78, 5) is 49.5. The molecule has 6 rings (SSSR count). The third-order valence-corrected chi connectivity index (χ3v) is 13.0. The van der Waals surface area contributed by atoms with Crippen LogP contribution in [-0.4, -0.2) is 73.2 Å². The fraction of sp³-hybridized carbons (Fsp3) is 0.324. The zero-order chi connectivity index (χ0) is 33.3. The van der Waals surface area contributed by atoms with Crippen LogP contribution < -0.4 is 4.90 Å². The van der Waals surface area contributed by atoms with Crippen LogP contribution in [0.4, 0.5) is 5.69 Å². The Bertz CT molecular complexity index is 1640. The molecule has 7 atom stereocenters. The van der Waals surface area contributed by atoms with Gasteiger partial charge in [0.25, 0.3) is 5.91 Å². The number of aliphatic hydroxyl groups is 1. The van der Waals surface area contributed by atoms with E-state index in [0.717, 1.165) is 11.1 Å². The maximum Gasteiger partial charge on any atom is 0.251 e. The number of halogens is 2. The first-order valence-electron chi connectivity index (χ1n) is 15.7. The van der Waals surface area contributed by atoms with Gasteiger partial charge in [0.1, 0.15) is 6.04 Å². The van der Waals surface area contributed by atoms with Gasteiger partial charge >= 0.3 is 0 Å². The molecule has 0 aliphatic carbocycles. The summed E-state index contributed by atoms with van der Waals surface area (Å²) >= 11 is 11.7. The number of carbonyl (C=O) groups is 3. The van der Waals surface area contributed by atoms with Crippen LogP contribution in [0.3, 0.4) is 0 Å².